The minimum absolute atomic E-state index is 0.289. The first-order valence-electron chi connectivity index (χ1n) is 12.9. The van der Waals surface area contributed by atoms with Crippen LogP contribution in [-0.4, -0.2) is 34.5 Å². The first kappa shape index (κ1) is 30.8. The predicted molar refractivity (Wildman–Crippen MR) is 159 cm³/mol. The van der Waals surface area contributed by atoms with Gasteiger partial charge < -0.3 is 10.4 Å². The first-order valence-corrected chi connectivity index (χ1v) is 14.0. The molecule has 202 valence electrons. The molecule has 2 rings (SSSR count). The number of carboxylic acid groups (broad SMARTS) is 1. The molecule has 1 amide bonds. The van der Waals surface area contributed by atoms with Gasteiger partial charge in [0.05, 0.1) is 11.4 Å². The van der Waals surface area contributed by atoms with Crippen LogP contribution >= 0.6 is 11.8 Å². The Labute approximate surface area is 231 Å². The Balaban J connectivity index is 1.77. The highest BCUT2D eigenvalue weighted by Crippen LogP contribution is 2.19. The van der Waals surface area contributed by atoms with Crippen molar-refractivity contribution >= 4 is 35.0 Å². The summed E-state index contributed by atoms with van der Waals surface area (Å²) < 4.78 is 0. The van der Waals surface area contributed by atoms with E-state index in [1.165, 1.54) is 28.5 Å². The molecule has 0 saturated heterocycles. The van der Waals surface area contributed by atoms with Crippen LogP contribution in [0.4, 0.5) is 11.4 Å². The topological polar surface area (TPSA) is 91.1 Å². The largest absolute Gasteiger partial charge is 0.480 e. The van der Waals surface area contributed by atoms with E-state index in [1.807, 2.05) is 30.3 Å². The molecule has 0 heterocycles. The van der Waals surface area contributed by atoms with Crippen molar-refractivity contribution in [2.75, 3.05) is 11.5 Å². The lowest BCUT2D eigenvalue weighted by Crippen LogP contribution is -2.42. The second-order valence-corrected chi connectivity index (χ2v) is 10.5. The molecule has 0 saturated carbocycles. The van der Waals surface area contributed by atoms with Gasteiger partial charge in [-0.15, -0.1) is 0 Å². The van der Waals surface area contributed by atoms with E-state index in [0.29, 0.717) is 17.0 Å². The van der Waals surface area contributed by atoms with Gasteiger partial charge in [-0.2, -0.15) is 22.0 Å². The summed E-state index contributed by atoms with van der Waals surface area (Å²) in [5.74, 6) is -0.482. The van der Waals surface area contributed by atoms with Crippen molar-refractivity contribution in [2.24, 2.45) is 10.2 Å². The molecule has 0 unspecified atom stereocenters. The molecule has 0 aliphatic heterocycles. The van der Waals surface area contributed by atoms with E-state index >= 15 is 0 Å². The predicted octanol–water partition coefficient (Wildman–Crippen LogP) is 8.44. The summed E-state index contributed by atoms with van der Waals surface area (Å²) in [7, 11) is 0. The van der Waals surface area contributed by atoms with E-state index in [0.717, 1.165) is 31.4 Å². The number of hydrogen-bond donors (Lipinski definition) is 2. The molecular weight excluding hydrogens is 494 g/mol. The second kappa shape index (κ2) is 17.1. The van der Waals surface area contributed by atoms with Crippen molar-refractivity contribution in [3.8, 4) is 0 Å². The summed E-state index contributed by atoms with van der Waals surface area (Å²) in [6.07, 6.45) is 10.9. The van der Waals surface area contributed by atoms with Gasteiger partial charge in [0.15, 0.2) is 0 Å². The highest BCUT2D eigenvalue weighted by molar-refractivity contribution is 7.99. The van der Waals surface area contributed by atoms with Crippen LogP contribution in [-0.2, 0) is 4.79 Å². The third-order valence-corrected chi connectivity index (χ3v) is 6.70. The molecule has 0 aliphatic rings. The molecule has 6 nitrogen and oxygen atoms in total. The number of azo groups is 1. The normalized spacial score (nSPS) is 12.8. The zero-order valence-corrected chi connectivity index (χ0v) is 23.6. The number of hydrogen-bond acceptors (Lipinski definition) is 5. The van der Waals surface area contributed by atoms with Crippen LogP contribution in [0.5, 0.6) is 0 Å². The van der Waals surface area contributed by atoms with Crippen LogP contribution in [0.15, 0.2) is 99.8 Å². The van der Waals surface area contributed by atoms with Gasteiger partial charge in [-0.1, -0.05) is 53.1 Å². The molecular formula is C31H39N3O3S. The van der Waals surface area contributed by atoms with Crippen molar-refractivity contribution in [3.63, 3.8) is 0 Å². The highest BCUT2D eigenvalue weighted by Gasteiger charge is 2.20. The van der Waals surface area contributed by atoms with Gasteiger partial charge in [0.2, 0.25) is 0 Å². The van der Waals surface area contributed by atoms with Crippen molar-refractivity contribution in [2.45, 2.75) is 59.4 Å². The van der Waals surface area contributed by atoms with Crippen molar-refractivity contribution < 1.29 is 14.7 Å². The van der Waals surface area contributed by atoms with Crippen LogP contribution in [0.1, 0.15) is 63.7 Å². The summed E-state index contributed by atoms with van der Waals surface area (Å²) in [6.45, 7) is 8.53. The summed E-state index contributed by atoms with van der Waals surface area (Å²) in [4.78, 5) is 24.3. The lowest BCUT2D eigenvalue weighted by molar-refractivity contribution is -0.138. The number of allylic oxidation sites excluding steroid dienone is 5. The molecule has 2 N–H and O–H groups in total. The molecule has 2 aromatic carbocycles. The monoisotopic (exact) mass is 533 g/mol. The van der Waals surface area contributed by atoms with Gasteiger partial charge in [0.25, 0.3) is 5.91 Å². The Hall–Kier alpha value is -3.45. The Kier molecular flexibility index (Phi) is 13.9. The van der Waals surface area contributed by atoms with E-state index in [2.05, 4.69) is 61.5 Å². The van der Waals surface area contributed by atoms with Crippen LogP contribution in [0.25, 0.3) is 0 Å². The molecule has 0 fully saturated rings. The lowest BCUT2D eigenvalue weighted by atomic mass is 10.1. The minimum atomic E-state index is -1.05. The van der Waals surface area contributed by atoms with Gasteiger partial charge in [0, 0.05) is 17.1 Å². The van der Waals surface area contributed by atoms with Crippen LogP contribution < -0.4 is 5.32 Å². The van der Waals surface area contributed by atoms with E-state index < -0.39 is 17.9 Å². The number of nitrogens with one attached hydrogen (secondary N) is 1. The standard InChI is InChI=1S/C31H39N3O3S/c1-23(2)10-8-11-24(3)12-9-13-25(4)20-21-38-22-29(31(36)37)32-30(35)26-16-18-28(19-17-26)34-33-27-14-6-5-7-15-27/h5-7,10,12,14-20,29H,8-9,11,13,21-22H2,1-4H3,(H,32,35)(H,36,37)/b24-12+,25-20+,34-33?/t29-/m0/s1. The van der Waals surface area contributed by atoms with E-state index in [4.69, 9.17) is 0 Å². The Bertz CT molecular complexity index is 1150. The molecule has 0 aliphatic carbocycles. The number of rotatable bonds is 15. The maximum absolute atomic E-state index is 12.6. The Morgan fingerprint density at radius 2 is 1.42 bits per heavy atom. The average Bonchev–Trinajstić information content (AvgIpc) is 2.89. The third-order valence-electron chi connectivity index (χ3n) is 5.73. The number of carboxylic acids is 1. The van der Waals surface area contributed by atoms with Crippen molar-refractivity contribution in [1.29, 1.82) is 0 Å². The van der Waals surface area contributed by atoms with E-state index in [1.54, 1.807) is 24.3 Å². The SMILES string of the molecule is CC(C)=CCC/C(C)=C/CC/C(C)=C/CSC[C@H](NC(=O)c1ccc(N=Nc2ccccc2)cc1)C(=O)O. The third kappa shape index (κ3) is 12.7. The van der Waals surface area contributed by atoms with Crippen molar-refractivity contribution in [1.82, 2.24) is 5.32 Å². The molecule has 0 spiro atoms. The maximum Gasteiger partial charge on any atom is 0.327 e. The maximum atomic E-state index is 12.6. The molecule has 0 radical (unpaired) electrons. The molecule has 0 aromatic heterocycles. The fraction of sp³-hybridized carbons (Fsp3) is 0.355. The zero-order valence-electron chi connectivity index (χ0n) is 22.8. The van der Waals surface area contributed by atoms with E-state index in [9.17, 15) is 14.7 Å². The Morgan fingerprint density at radius 1 is 0.842 bits per heavy atom. The summed E-state index contributed by atoms with van der Waals surface area (Å²) in [6, 6.07) is 15.0. The molecule has 7 heteroatoms. The quantitative estimate of drug-likeness (QED) is 0.136. The lowest BCUT2D eigenvalue weighted by Gasteiger charge is -2.14. The van der Waals surface area contributed by atoms with Crippen LogP contribution in [0, 0.1) is 0 Å². The molecule has 1 atom stereocenters. The highest BCUT2D eigenvalue weighted by atomic mass is 32.2. The van der Waals surface area contributed by atoms with Gasteiger partial charge >= 0.3 is 5.97 Å². The first-order chi connectivity index (χ1) is 18.2. The van der Waals surface area contributed by atoms with Gasteiger partial charge in [-0.3, -0.25) is 4.79 Å². The number of amides is 1. The number of nitrogens with zero attached hydrogens (tertiary/aromatic N) is 2. The number of benzene rings is 2. The number of carbonyl (C=O) groups is 2. The Morgan fingerprint density at radius 3 is 2.03 bits per heavy atom. The zero-order chi connectivity index (χ0) is 27.8. The average molecular weight is 534 g/mol. The fourth-order valence-corrected chi connectivity index (χ4v) is 4.43. The van der Waals surface area contributed by atoms with Gasteiger partial charge in [-0.25, -0.2) is 4.79 Å². The number of thioether (sulfide) groups is 1. The molecule has 2 aromatic rings. The number of carbonyl (C=O) groups excluding carboxylic acids is 1. The van der Waals surface area contributed by atoms with Gasteiger partial charge in [0.1, 0.15) is 6.04 Å². The molecule has 0 bridgehead atoms. The van der Waals surface area contributed by atoms with Crippen LogP contribution in [0.3, 0.4) is 0 Å². The van der Waals surface area contributed by atoms with Crippen molar-refractivity contribution in [3.05, 3.63) is 95.1 Å². The number of aliphatic carboxylic acids is 1. The summed E-state index contributed by atoms with van der Waals surface area (Å²) in [5.41, 5.74) is 5.77. The van der Waals surface area contributed by atoms with Crippen LogP contribution in [0.2, 0.25) is 0 Å². The minimum Gasteiger partial charge on any atom is -0.480 e. The molecule has 38 heavy (non-hydrogen) atoms. The fourth-order valence-electron chi connectivity index (χ4n) is 3.43. The summed E-state index contributed by atoms with van der Waals surface area (Å²) >= 11 is 1.49. The second-order valence-electron chi connectivity index (χ2n) is 9.44. The van der Waals surface area contributed by atoms with E-state index in [-0.39, 0.29) is 5.75 Å². The smallest absolute Gasteiger partial charge is 0.327 e. The summed E-state index contributed by atoms with van der Waals surface area (Å²) in [5, 5.41) is 20.5. The van der Waals surface area contributed by atoms with Gasteiger partial charge in [-0.05, 0) is 89.8 Å².